The van der Waals surface area contributed by atoms with Crippen molar-refractivity contribution < 1.29 is 23.9 Å². The van der Waals surface area contributed by atoms with Gasteiger partial charge in [-0.3, -0.25) is 0 Å². The van der Waals surface area contributed by atoms with Gasteiger partial charge >= 0.3 is 5.97 Å². The maximum Gasteiger partial charge on any atom is 0.341 e. The number of aryl methyl sites for hydroxylation is 1. The molecule has 8 heteroatoms. The standard InChI is InChI=1S/C22H21N3O5/c1-5-14-10-16(28-12-20(26)27)7-8-17(14)21-24-22(30-25-21)15-6-9-19(29-13(2)3)18(11-15)23-4/h6-11,13H,5,12H2,1-3H3,(H,26,27). The van der Waals surface area contributed by atoms with E-state index in [-0.39, 0.29) is 6.10 Å². The van der Waals surface area contributed by atoms with Gasteiger partial charge in [0.2, 0.25) is 11.5 Å². The SMILES string of the molecule is [C-]#[N+]c1cc(-c2nc(-c3ccc(OCC(=O)O)cc3CC)no2)ccc1OC(C)C. The van der Waals surface area contributed by atoms with Gasteiger partial charge in [-0.15, -0.1) is 0 Å². The van der Waals surface area contributed by atoms with Crippen LogP contribution in [0, 0.1) is 6.57 Å². The summed E-state index contributed by atoms with van der Waals surface area (Å²) in [7, 11) is 0. The van der Waals surface area contributed by atoms with Crippen LogP contribution < -0.4 is 9.47 Å². The molecule has 0 aliphatic rings. The van der Waals surface area contributed by atoms with Crippen LogP contribution in [0.1, 0.15) is 26.3 Å². The van der Waals surface area contributed by atoms with Gasteiger partial charge in [-0.1, -0.05) is 12.1 Å². The Labute approximate surface area is 173 Å². The van der Waals surface area contributed by atoms with Crippen LogP contribution in [-0.2, 0) is 11.2 Å². The van der Waals surface area contributed by atoms with E-state index in [1.165, 1.54) is 0 Å². The molecule has 0 amide bonds. The van der Waals surface area contributed by atoms with Gasteiger partial charge in [0, 0.05) is 11.1 Å². The number of nitrogens with zero attached hydrogens (tertiary/aromatic N) is 3. The van der Waals surface area contributed by atoms with E-state index in [2.05, 4.69) is 15.0 Å². The molecular formula is C22H21N3O5. The molecule has 0 aliphatic carbocycles. The summed E-state index contributed by atoms with van der Waals surface area (Å²) in [5, 5.41) is 12.8. The summed E-state index contributed by atoms with van der Waals surface area (Å²) in [5.74, 6) is 0.624. The Bertz CT molecular complexity index is 1100. The van der Waals surface area contributed by atoms with Crippen molar-refractivity contribution in [1.82, 2.24) is 10.1 Å². The summed E-state index contributed by atoms with van der Waals surface area (Å²) in [4.78, 5) is 18.7. The summed E-state index contributed by atoms with van der Waals surface area (Å²) in [5.41, 5.74) is 2.65. The van der Waals surface area contributed by atoms with Crippen LogP contribution >= 0.6 is 0 Å². The molecule has 1 N–H and O–H groups in total. The van der Waals surface area contributed by atoms with Crippen molar-refractivity contribution in [3.63, 3.8) is 0 Å². The Kier molecular flexibility index (Phi) is 6.32. The number of carboxylic acid groups (broad SMARTS) is 1. The van der Waals surface area contributed by atoms with E-state index in [1.54, 1.807) is 36.4 Å². The average molecular weight is 407 g/mol. The molecule has 0 aliphatic heterocycles. The molecule has 0 saturated heterocycles. The van der Waals surface area contributed by atoms with Gasteiger partial charge in [-0.25, -0.2) is 9.64 Å². The molecule has 0 fully saturated rings. The molecule has 8 nitrogen and oxygen atoms in total. The van der Waals surface area contributed by atoms with E-state index in [0.29, 0.717) is 40.9 Å². The zero-order chi connectivity index (χ0) is 21.7. The van der Waals surface area contributed by atoms with Crippen LogP contribution in [0.3, 0.4) is 0 Å². The zero-order valence-electron chi connectivity index (χ0n) is 16.9. The highest BCUT2D eigenvalue weighted by Crippen LogP contribution is 2.34. The predicted octanol–water partition coefficient (Wildman–Crippen LogP) is 4.77. The smallest absolute Gasteiger partial charge is 0.341 e. The van der Waals surface area contributed by atoms with Gasteiger partial charge in [-0.2, -0.15) is 4.98 Å². The maximum absolute atomic E-state index is 10.7. The van der Waals surface area contributed by atoms with Crippen LogP contribution in [0.2, 0.25) is 0 Å². The Balaban J connectivity index is 1.89. The van der Waals surface area contributed by atoms with Crippen molar-refractivity contribution in [3.8, 4) is 34.3 Å². The number of ether oxygens (including phenoxy) is 2. The van der Waals surface area contributed by atoms with Crippen LogP contribution in [0.4, 0.5) is 5.69 Å². The van der Waals surface area contributed by atoms with Crippen LogP contribution in [0.5, 0.6) is 11.5 Å². The number of hydrogen-bond acceptors (Lipinski definition) is 6. The molecule has 0 saturated carbocycles. The molecule has 0 radical (unpaired) electrons. The molecule has 0 bridgehead atoms. The lowest BCUT2D eigenvalue weighted by Crippen LogP contribution is -2.09. The Morgan fingerprint density at radius 1 is 1.27 bits per heavy atom. The zero-order valence-corrected chi connectivity index (χ0v) is 16.9. The minimum Gasteiger partial charge on any atom is -0.502 e. The van der Waals surface area contributed by atoms with Gasteiger partial charge in [0.1, 0.15) is 11.5 Å². The van der Waals surface area contributed by atoms with Gasteiger partial charge in [0.25, 0.3) is 5.89 Å². The van der Waals surface area contributed by atoms with E-state index < -0.39 is 12.6 Å². The number of rotatable bonds is 8. The number of hydrogen-bond donors (Lipinski definition) is 1. The summed E-state index contributed by atoms with van der Waals surface area (Å²) in [6, 6.07) is 10.4. The number of carboxylic acids is 1. The molecule has 1 aromatic heterocycles. The lowest BCUT2D eigenvalue weighted by atomic mass is 10.0. The van der Waals surface area contributed by atoms with Crippen molar-refractivity contribution in [2.75, 3.05) is 6.61 Å². The minimum absolute atomic E-state index is 0.0405. The second-order valence-electron chi connectivity index (χ2n) is 6.74. The van der Waals surface area contributed by atoms with E-state index in [0.717, 1.165) is 11.1 Å². The monoisotopic (exact) mass is 407 g/mol. The van der Waals surface area contributed by atoms with E-state index in [1.807, 2.05) is 20.8 Å². The second kappa shape index (κ2) is 9.09. The van der Waals surface area contributed by atoms with Gasteiger partial charge in [-0.05, 0) is 62.2 Å². The average Bonchev–Trinajstić information content (AvgIpc) is 3.21. The fourth-order valence-electron chi connectivity index (χ4n) is 2.86. The van der Waals surface area contributed by atoms with Gasteiger partial charge in [0.15, 0.2) is 6.61 Å². The van der Waals surface area contributed by atoms with Gasteiger partial charge < -0.3 is 19.1 Å². The summed E-state index contributed by atoms with van der Waals surface area (Å²) >= 11 is 0. The lowest BCUT2D eigenvalue weighted by molar-refractivity contribution is -0.139. The molecular weight excluding hydrogens is 386 g/mol. The largest absolute Gasteiger partial charge is 0.502 e. The third-order valence-corrected chi connectivity index (χ3v) is 4.18. The molecule has 30 heavy (non-hydrogen) atoms. The molecule has 0 unspecified atom stereocenters. The highest BCUT2D eigenvalue weighted by molar-refractivity contribution is 5.70. The summed E-state index contributed by atoms with van der Waals surface area (Å²) in [6.07, 6.45) is 0.633. The predicted molar refractivity (Wildman–Crippen MR) is 110 cm³/mol. The Morgan fingerprint density at radius 2 is 2.07 bits per heavy atom. The van der Waals surface area contributed by atoms with Crippen molar-refractivity contribution in [1.29, 1.82) is 0 Å². The fourth-order valence-corrected chi connectivity index (χ4v) is 2.86. The van der Waals surface area contributed by atoms with Crippen molar-refractivity contribution >= 4 is 11.7 Å². The minimum atomic E-state index is -1.04. The van der Waals surface area contributed by atoms with Crippen LogP contribution in [0.15, 0.2) is 40.9 Å². The first-order valence-electron chi connectivity index (χ1n) is 9.41. The highest BCUT2D eigenvalue weighted by Gasteiger charge is 2.16. The number of carbonyl (C=O) groups is 1. The fraction of sp³-hybridized carbons (Fsp3) is 0.273. The molecule has 0 spiro atoms. The van der Waals surface area contributed by atoms with Crippen molar-refractivity contribution in [2.45, 2.75) is 33.3 Å². The lowest BCUT2D eigenvalue weighted by Gasteiger charge is -2.11. The first-order valence-corrected chi connectivity index (χ1v) is 9.41. The van der Waals surface area contributed by atoms with E-state index in [4.69, 9.17) is 25.7 Å². The molecule has 3 aromatic rings. The van der Waals surface area contributed by atoms with Crippen molar-refractivity contribution in [3.05, 3.63) is 53.4 Å². The molecule has 3 rings (SSSR count). The normalized spacial score (nSPS) is 10.6. The van der Waals surface area contributed by atoms with E-state index >= 15 is 0 Å². The Morgan fingerprint density at radius 3 is 2.73 bits per heavy atom. The first-order chi connectivity index (χ1) is 14.4. The third-order valence-electron chi connectivity index (χ3n) is 4.18. The second-order valence-corrected chi connectivity index (χ2v) is 6.74. The number of aliphatic carboxylic acids is 1. The first kappa shape index (κ1) is 20.9. The topological polar surface area (TPSA) is 99.0 Å². The third kappa shape index (κ3) is 4.75. The molecule has 154 valence electrons. The van der Waals surface area contributed by atoms with Crippen molar-refractivity contribution in [2.24, 2.45) is 0 Å². The quantitative estimate of drug-likeness (QED) is 0.537. The molecule has 2 aromatic carbocycles. The highest BCUT2D eigenvalue weighted by atomic mass is 16.5. The summed E-state index contributed by atoms with van der Waals surface area (Å²) in [6.45, 7) is 12.7. The molecule has 1 heterocycles. The molecule has 0 atom stereocenters. The van der Waals surface area contributed by atoms with Crippen LogP contribution in [0.25, 0.3) is 27.7 Å². The Hall–Kier alpha value is -3.86. The summed E-state index contributed by atoms with van der Waals surface area (Å²) < 4.78 is 16.3. The van der Waals surface area contributed by atoms with Gasteiger partial charge in [0.05, 0.1) is 12.7 Å². The number of benzene rings is 2. The maximum atomic E-state index is 10.7. The van der Waals surface area contributed by atoms with E-state index in [9.17, 15) is 4.79 Å². The van der Waals surface area contributed by atoms with Crippen LogP contribution in [-0.4, -0.2) is 33.9 Å². The number of aromatic nitrogens is 2.